The molecule has 0 aliphatic carbocycles. The molecule has 0 aliphatic rings. The molecule has 2 aromatic rings. The van der Waals surface area contributed by atoms with Crippen molar-refractivity contribution in [1.82, 2.24) is 5.32 Å². The summed E-state index contributed by atoms with van der Waals surface area (Å²) in [5.74, 6) is -2.74. The van der Waals surface area contributed by atoms with Gasteiger partial charge in [-0.05, 0) is 62.1 Å². The summed E-state index contributed by atoms with van der Waals surface area (Å²) in [6.07, 6.45) is 0.0640. The number of aryl methyl sites for hydroxylation is 3. The molecule has 1 unspecified atom stereocenters. The number of ether oxygens (including phenoxy) is 1. The quantitative estimate of drug-likeness (QED) is 0.580. The largest absolute Gasteiger partial charge is 0.466 e. The van der Waals surface area contributed by atoms with Gasteiger partial charge in [0.2, 0.25) is 6.41 Å². The maximum absolute atomic E-state index is 14.5. The predicted molar refractivity (Wildman–Crippen MR) is 99.2 cm³/mol. The molecule has 0 fully saturated rings. The fraction of sp³-hybridized carbons (Fsp3) is 0.333. The van der Waals surface area contributed by atoms with Gasteiger partial charge in [-0.3, -0.25) is 9.59 Å². The van der Waals surface area contributed by atoms with E-state index < -0.39 is 23.6 Å². The number of amides is 1. The summed E-state index contributed by atoms with van der Waals surface area (Å²) >= 11 is 0. The smallest absolute Gasteiger partial charge is 0.308 e. The Balaban J connectivity index is 2.57. The average Bonchev–Trinajstić information content (AvgIpc) is 2.56. The van der Waals surface area contributed by atoms with Gasteiger partial charge in [0.15, 0.2) is 11.6 Å². The molecule has 0 heterocycles. The van der Waals surface area contributed by atoms with Crippen molar-refractivity contribution in [3.63, 3.8) is 0 Å². The third kappa shape index (κ3) is 4.70. The van der Waals surface area contributed by atoms with Crippen LogP contribution in [0.1, 0.15) is 41.6 Å². The number of hydrogen-bond donors (Lipinski definition) is 1. The van der Waals surface area contributed by atoms with E-state index >= 15 is 0 Å². The molecule has 27 heavy (non-hydrogen) atoms. The third-order valence-electron chi connectivity index (χ3n) is 4.34. The highest BCUT2D eigenvalue weighted by atomic mass is 19.2. The van der Waals surface area contributed by atoms with Crippen molar-refractivity contribution >= 4 is 12.4 Å². The summed E-state index contributed by atoms with van der Waals surface area (Å²) in [5, 5.41) is 2.39. The van der Waals surface area contributed by atoms with Crippen molar-refractivity contribution in [2.24, 2.45) is 0 Å². The van der Waals surface area contributed by atoms with E-state index in [-0.39, 0.29) is 18.6 Å². The zero-order chi connectivity index (χ0) is 20.1. The van der Waals surface area contributed by atoms with Gasteiger partial charge >= 0.3 is 5.97 Å². The maximum Gasteiger partial charge on any atom is 0.308 e. The number of esters is 1. The lowest BCUT2D eigenvalue weighted by atomic mass is 9.91. The fourth-order valence-corrected chi connectivity index (χ4v) is 3.37. The number of carbonyl (C=O) groups excluding carboxylic acids is 2. The molecule has 0 aliphatic heterocycles. The van der Waals surface area contributed by atoms with E-state index in [2.05, 4.69) is 5.32 Å². The molecule has 0 spiro atoms. The highest BCUT2D eigenvalue weighted by molar-refractivity contribution is 5.74. The van der Waals surface area contributed by atoms with E-state index in [1.54, 1.807) is 6.92 Å². The van der Waals surface area contributed by atoms with Crippen molar-refractivity contribution < 1.29 is 23.1 Å². The van der Waals surface area contributed by atoms with Crippen molar-refractivity contribution in [3.8, 4) is 11.1 Å². The molecule has 4 nitrogen and oxygen atoms in total. The minimum Gasteiger partial charge on any atom is -0.466 e. The number of halogens is 2. The van der Waals surface area contributed by atoms with Gasteiger partial charge in [-0.1, -0.05) is 17.7 Å². The summed E-state index contributed by atoms with van der Waals surface area (Å²) in [4.78, 5) is 22.7. The summed E-state index contributed by atoms with van der Waals surface area (Å²) < 4.78 is 33.7. The van der Waals surface area contributed by atoms with Gasteiger partial charge < -0.3 is 10.1 Å². The lowest BCUT2D eigenvalue weighted by Crippen LogP contribution is -2.25. The Labute approximate surface area is 157 Å². The molecule has 0 radical (unpaired) electrons. The highest BCUT2D eigenvalue weighted by Crippen LogP contribution is 2.33. The van der Waals surface area contributed by atoms with Gasteiger partial charge in [-0.2, -0.15) is 0 Å². The Morgan fingerprint density at radius 1 is 1.15 bits per heavy atom. The van der Waals surface area contributed by atoms with Crippen LogP contribution in [0.2, 0.25) is 0 Å². The SMILES string of the molecule is CCOC(=O)CC(NC=O)c1cc(-c2c(C)cc(C)cc2C)cc(F)c1F. The van der Waals surface area contributed by atoms with Gasteiger partial charge in [-0.15, -0.1) is 0 Å². The highest BCUT2D eigenvalue weighted by Gasteiger charge is 2.23. The average molecular weight is 375 g/mol. The summed E-state index contributed by atoms with van der Waals surface area (Å²) in [5.41, 5.74) is 4.11. The monoisotopic (exact) mass is 375 g/mol. The number of benzene rings is 2. The number of carbonyl (C=O) groups is 2. The Hall–Kier alpha value is -2.76. The van der Waals surface area contributed by atoms with E-state index in [1.165, 1.54) is 6.07 Å². The standard InChI is InChI=1S/C21H23F2NO3/c1-5-27-19(26)10-18(24-11-25)16-8-15(9-17(22)21(16)23)20-13(3)6-12(2)7-14(20)4/h6-9,11,18H,5,10H2,1-4H3,(H,24,25). The summed E-state index contributed by atoms with van der Waals surface area (Å²) in [6, 6.07) is 5.50. The first-order chi connectivity index (χ1) is 12.8. The van der Waals surface area contributed by atoms with E-state index in [0.29, 0.717) is 12.0 Å². The van der Waals surface area contributed by atoms with E-state index in [1.807, 2.05) is 32.9 Å². The van der Waals surface area contributed by atoms with Crippen LogP contribution in [0.25, 0.3) is 11.1 Å². The number of rotatable bonds is 7. The normalized spacial score (nSPS) is 11.8. The molecule has 0 saturated heterocycles. The number of nitrogens with one attached hydrogen (secondary N) is 1. The molecule has 0 bridgehead atoms. The van der Waals surface area contributed by atoms with Crippen LogP contribution in [-0.2, 0) is 14.3 Å². The van der Waals surface area contributed by atoms with Crippen LogP contribution in [0.15, 0.2) is 24.3 Å². The van der Waals surface area contributed by atoms with Crippen molar-refractivity contribution in [2.75, 3.05) is 6.61 Å². The van der Waals surface area contributed by atoms with Gasteiger partial charge in [0.25, 0.3) is 0 Å². The van der Waals surface area contributed by atoms with Crippen LogP contribution in [0, 0.1) is 32.4 Å². The minimum atomic E-state index is -1.09. The molecule has 2 rings (SSSR count). The maximum atomic E-state index is 14.5. The Bertz CT molecular complexity index is 842. The molecule has 1 amide bonds. The first-order valence-electron chi connectivity index (χ1n) is 8.70. The van der Waals surface area contributed by atoms with Gasteiger partial charge in [0, 0.05) is 5.56 Å². The Morgan fingerprint density at radius 3 is 2.33 bits per heavy atom. The van der Waals surface area contributed by atoms with Crippen LogP contribution < -0.4 is 5.32 Å². The topological polar surface area (TPSA) is 55.4 Å². The minimum absolute atomic E-state index is 0.0930. The van der Waals surface area contributed by atoms with Gasteiger partial charge in [-0.25, -0.2) is 8.78 Å². The molecule has 0 aromatic heterocycles. The third-order valence-corrected chi connectivity index (χ3v) is 4.34. The Morgan fingerprint density at radius 2 is 1.78 bits per heavy atom. The molecule has 1 N–H and O–H groups in total. The van der Waals surface area contributed by atoms with Crippen LogP contribution >= 0.6 is 0 Å². The fourth-order valence-electron chi connectivity index (χ4n) is 3.37. The zero-order valence-corrected chi connectivity index (χ0v) is 15.9. The lowest BCUT2D eigenvalue weighted by Gasteiger charge is -2.19. The van der Waals surface area contributed by atoms with E-state index in [9.17, 15) is 18.4 Å². The van der Waals surface area contributed by atoms with Crippen molar-refractivity contribution in [1.29, 1.82) is 0 Å². The van der Waals surface area contributed by atoms with Crippen LogP contribution in [-0.4, -0.2) is 19.0 Å². The molecule has 2 aromatic carbocycles. The summed E-state index contributed by atoms with van der Waals surface area (Å²) in [7, 11) is 0. The van der Waals surface area contributed by atoms with Crippen LogP contribution in [0.3, 0.4) is 0 Å². The van der Waals surface area contributed by atoms with Gasteiger partial charge in [0.1, 0.15) is 0 Å². The summed E-state index contributed by atoms with van der Waals surface area (Å²) in [6.45, 7) is 7.56. The zero-order valence-electron chi connectivity index (χ0n) is 15.9. The second kappa shape index (κ2) is 8.75. The second-order valence-corrected chi connectivity index (χ2v) is 6.48. The van der Waals surface area contributed by atoms with E-state index in [4.69, 9.17) is 4.74 Å². The van der Waals surface area contributed by atoms with Crippen LogP contribution in [0.4, 0.5) is 8.78 Å². The number of hydrogen-bond acceptors (Lipinski definition) is 3. The molecule has 0 saturated carbocycles. The first-order valence-corrected chi connectivity index (χ1v) is 8.70. The van der Waals surface area contributed by atoms with Crippen LogP contribution in [0.5, 0.6) is 0 Å². The van der Waals surface area contributed by atoms with Crippen molar-refractivity contribution in [2.45, 2.75) is 40.2 Å². The molecule has 6 heteroatoms. The Kier molecular flexibility index (Phi) is 6.66. The first kappa shape index (κ1) is 20.6. The predicted octanol–water partition coefficient (Wildman–Crippen LogP) is 4.30. The lowest BCUT2D eigenvalue weighted by molar-refractivity contribution is -0.143. The molecular weight excluding hydrogens is 352 g/mol. The van der Waals surface area contributed by atoms with E-state index in [0.717, 1.165) is 28.3 Å². The molecule has 1 atom stereocenters. The van der Waals surface area contributed by atoms with Crippen molar-refractivity contribution in [3.05, 3.63) is 58.2 Å². The molecular formula is C21H23F2NO3. The van der Waals surface area contributed by atoms with Gasteiger partial charge in [0.05, 0.1) is 19.1 Å². The molecule has 144 valence electrons. The second-order valence-electron chi connectivity index (χ2n) is 6.48.